The highest BCUT2D eigenvalue weighted by molar-refractivity contribution is 9.10. The van der Waals surface area contributed by atoms with E-state index >= 15 is 0 Å². The van der Waals surface area contributed by atoms with Crippen molar-refractivity contribution in [3.8, 4) is 0 Å². The van der Waals surface area contributed by atoms with Gasteiger partial charge >= 0.3 is 0 Å². The highest BCUT2D eigenvalue weighted by atomic mass is 79.9. The molecule has 0 fully saturated rings. The molecule has 30 heavy (non-hydrogen) atoms. The summed E-state index contributed by atoms with van der Waals surface area (Å²) in [7, 11) is 0. The molecule has 0 aliphatic carbocycles. The molecular weight excluding hydrogens is 464 g/mol. The Morgan fingerprint density at radius 2 is 1.67 bits per heavy atom. The predicted molar refractivity (Wildman–Crippen MR) is 125 cm³/mol. The Bertz CT molecular complexity index is 984. The average Bonchev–Trinajstić information content (AvgIpc) is 3.17. The molecule has 2 N–H and O–H groups in total. The number of hydrogen-bond acceptors (Lipinski definition) is 4. The van der Waals surface area contributed by atoms with Crippen molar-refractivity contribution in [3.63, 3.8) is 0 Å². The Morgan fingerprint density at radius 3 is 2.33 bits per heavy atom. The summed E-state index contributed by atoms with van der Waals surface area (Å²) in [6, 6.07) is 19.0. The third-order valence-corrected chi connectivity index (χ3v) is 5.79. The third kappa shape index (κ3) is 7.07. The van der Waals surface area contributed by atoms with Gasteiger partial charge in [0.05, 0.1) is 6.42 Å². The van der Waals surface area contributed by atoms with Crippen molar-refractivity contribution in [2.45, 2.75) is 19.1 Å². The van der Waals surface area contributed by atoms with Gasteiger partial charge in [0.2, 0.25) is 5.91 Å². The van der Waals surface area contributed by atoms with E-state index in [0.29, 0.717) is 23.3 Å². The normalized spacial score (nSPS) is 10.6. The minimum Gasteiger partial charge on any atom is -0.444 e. The van der Waals surface area contributed by atoms with E-state index in [0.717, 1.165) is 17.1 Å². The molecule has 1 aromatic heterocycles. The lowest BCUT2D eigenvalue weighted by molar-refractivity contribution is -0.120. The SMILES string of the molecule is Cc1ccc(CSCCNC(=O)Cc2ccc(NC(=O)c3ccc(Br)o3)cc2)cc1. The minimum absolute atomic E-state index is 0.0110. The van der Waals surface area contributed by atoms with Gasteiger partial charge in [-0.1, -0.05) is 42.0 Å². The first kappa shape index (κ1) is 22.2. The highest BCUT2D eigenvalue weighted by Crippen LogP contribution is 2.17. The quantitative estimate of drug-likeness (QED) is 0.408. The number of rotatable bonds is 9. The van der Waals surface area contributed by atoms with E-state index in [2.05, 4.69) is 57.8 Å². The van der Waals surface area contributed by atoms with Crippen LogP contribution in [0, 0.1) is 6.92 Å². The fourth-order valence-electron chi connectivity index (χ4n) is 2.72. The van der Waals surface area contributed by atoms with Gasteiger partial charge in [0.15, 0.2) is 10.4 Å². The molecule has 5 nitrogen and oxygen atoms in total. The van der Waals surface area contributed by atoms with Gasteiger partial charge in [-0.3, -0.25) is 9.59 Å². The zero-order valence-electron chi connectivity index (χ0n) is 16.6. The summed E-state index contributed by atoms with van der Waals surface area (Å²) in [6.45, 7) is 2.72. The van der Waals surface area contributed by atoms with Gasteiger partial charge in [-0.15, -0.1) is 0 Å². The molecule has 0 aliphatic heterocycles. The predicted octanol–water partition coefficient (Wildman–Crippen LogP) is 5.19. The van der Waals surface area contributed by atoms with Crippen LogP contribution in [0.3, 0.4) is 0 Å². The number of carbonyl (C=O) groups excluding carboxylic acids is 2. The Hall–Kier alpha value is -2.51. The summed E-state index contributed by atoms with van der Waals surface area (Å²) in [4.78, 5) is 24.2. The van der Waals surface area contributed by atoms with Crippen molar-refractivity contribution >= 4 is 45.2 Å². The zero-order valence-corrected chi connectivity index (χ0v) is 19.0. The number of furan rings is 1. The van der Waals surface area contributed by atoms with Crippen LogP contribution in [0.4, 0.5) is 5.69 Å². The summed E-state index contributed by atoms with van der Waals surface area (Å²) in [5, 5.41) is 5.71. The van der Waals surface area contributed by atoms with Gasteiger partial charge in [-0.05, 0) is 58.2 Å². The van der Waals surface area contributed by atoms with E-state index in [9.17, 15) is 9.59 Å². The minimum atomic E-state index is -0.325. The van der Waals surface area contributed by atoms with E-state index in [1.54, 1.807) is 36.0 Å². The molecule has 0 spiro atoms. The van der Waals surface area contributed by atoms with Gasteiger partial charge in [0, 0.05) is 23.7 Å². The second-order valence-electron chi connectivity index (χ2n) is 6.82. The van der Waals surface area contributed by atoms with Crippen molar-refractivity contribution in [2.24, 2.45) is 0 Å². The third-order valence-electron chi connectivity index (χ3n) is 4.33. The second kappa shape index (κ2) is 11.0. The van der Waals surface area contributed by atoms with E-state index in [4.69, 9.17) is 4.42 Å². The first-order chi connectivity index (χ1) is 14.5. The molecule has 3 rings (SSSR count). The standard InChI is InChI=1S/C23H23BrN2O3S/c1-16-2-4-18(5-3-16)15-30-13-12-25-22(27)14-17-6-8-19(9-7-17)26-23(28)20-10-11-21(24)29-20/h2-11H,12-15H2,1H3,(H,25,27)(H,26,28). The Labute approximate surface area is 188 Å². The van der Waals surface area contributed by atoms with Crippen molar-refractivity contribution in [1.82, 2.24) is 5.32 Å². The largest absolute Gasteiger partial charge is 0.444 e. The molecular formula is C23H23BrN2O3S. The van der Waals surface area contributed by atoms with Crippen LogP contribution in [0.2, 0.25) is 0 Å². The topological polar surface area (TPSA) is 71.3 Å². The number of hydrogen-bond donors (Lipinski definition) is 2. The maximum Gasteiger partial charge on any atom is 0.291 e. The number of carbonyl (C=O) groups is 2. The fraction of sp³-hybridized carbons (Fsp3) is 0.217. The number of nitrogens with one attached hydrogen (secondary N) is 2. The molecule has 2 amide bonds. The molecule has 2 aromatic carbocycles. The summed E-state index contributed by atoms with van der Waals surface area (Å²) < 4.78 is 5.73. The Kier molecular flexibility index (Phi) is 8.16. The first-order valence-corrected chi connectivity index (χ1v) is 11.5. The molecule has 0 aliphatic rings. The van der Waals surface area contributed by atoms with E-state index in [-0.39, 0.29) is 17.6 Å². The number of halogens is 1. The van der Waals surface area contributed by atoms with Gasteiger partial charge in [0.25, 0.3) is 5.91 Å². The lowest BCUT2D eigenvalue weighted by Crippen LogP contribution is -2.27. The summed E-state index contributed by atoms with van der Waals surface area (Å²) in [5.74, 6) is 1.70. The van der Waals surface area contributed by atoms with E-state index < -0.39 is 0 Å². The number of thioether (sulfide) groups is 1. The van der Waals surface area contributed by atoms with Crippen molar-refractivity contribution in [1.29, 1.82) is 0 Å². The molecule has 0 saturated heterocycles. The van der Waals surface area contributed by atoms with Crippen LogP contribution < -0.4 is 10.6 Å². The van der Waals surface area contributed by atoms with Gasteiger partial charge in [-0.25, -0.2) is 0 Å². The summed E-state index contributed by atoms with van der Waals surface area (Å²) >= 11 is 4.97. The maximum atomic E-state index is 12.1. The number of aryl methyl sites for hydroxylation is 1. The first-order valence-electron chi connectivity index (χ1n) is 9.55. The lowest BCUT2D eigenvalue weighted by atomic mass is 10.1. The van der Waals surface area contributed by atoms with Crippen molar-refractivity contribution in [2.75, 3.05) is 17.6 Å². The van der Waals surface area contributed by atoms with Crippen LogP contribution in [0.25, 0.3) is 0 Å². The lowest BCUT2D eigenvalue weighted by Gasteiger charge is -2.07. The van der Waals surface area contributed by atoms with Crippen LogP contribution in [0.1, 0.15) is 27.2 Å². The number of anilines is 1. The number of benzene rings is 2. The van der Waals surface area contributed by atoms with Gasteiger partial charge in [0.1, 0.15) is 0 Å². The van der Waals surface area contributed by atoms with E-state index in [1.807, 2.05) is 12.1 Å². The highest BCUT2D eigenvalue weighted by Gasteiger charge is 2.11. The van der Waals surface area contributed by atoms with Gasteiger partial charge < -0.3 is 15.1 Å². The molecule has 0 atom stereocenters. The van der Waals surface area contributed by atoms with Gasteiger partial charge in [-0.2, -0.15) is 11.8 Å². The molecule has 156 valence electrons. The Morgan fingerprint density at radius 1 is 0.967 bits per heavy atom. The smallest absolute Gasteiger partial charge is 0.291 e. The zero-order chi connectivity index (χ0) is 21.3. The van der Waals surface area contributed by atoms with Crippen molar-refractivity contribution < 1.29 is 14.0 Å². The van der Waals surface area contributed by atoms with Crippen LogP contribution in [-0.2, 0) is 17.0 Å². The van der Waals surface area contributed by atoms with Crippen LogP contribution in [-0.4, -0.2) is 24.1 Å². The van der Waals surface area contributed by atoms with E-state index in [1.165, 1.54) is 11.1 Å². The molecule has 0 radical (unpaired) electrons. The van der Waals surface area contributed by atoms with Crippen LogP contribution >= 0.6 is 27.7 Å². The molecule has 0 bridgehead atoms. The maximum absolute atomic E-state index is 12.1. The Balaban J connectivity index is 1.35. The molecule has 1 heterocycles. The molecule has 0 unspecified atom stereocenters. The second-order valence-corrected chi connectivity index (χ2v) is 8.71. The van der Waals surface area contributed by atoms with Crippen molar-refractivity contribution in [3.05, 3.63) is 87.8 Å². The monoisotopic (exact) mass is 486 g/mol. The average molecular weight is 487 g/mol. The molecule has 0 saturated carbocycles. The molecule has 7 heteroatoms. The number of amides is 2. The van der Waals surface area contributed by atoms with Crippen LogP contribution in [0.5, 0.6) is 0 Å². The van der Waals surface area contributed by atoms with Crippen LogP contribution in [0.15, 0.2) is 69.8 Å². The molecule has 3 aromatic rings. The fourth-order valence-corrected chi connectivity index (χ4v) is 3.85. The summed E-state index contributed by atoms with van der Waals surface area (Å²) in [5.41, 5.74) is 4.09. The summed E-state index contributed by atoms with van der Waals surface area (Å²) in [6.07, 6.45) is 0.308.